The minimum absolute atomic E-state index is 0.0288. The van der Waals surface area contributed by atoms with Crippen LogP contribution in [0.2, 0.25) is 13.1 Å². The summed E-state index contributed by atoms with van der Waals surface area (Å²) in [7, 11) is 6.29. The van der Waals surface area contributed by atoms with Gasteiger partial charge in [-0.15, -0.1) is 0 Å². The van der Waals surface area contributed by atoms with Crippen LogP contribution in [0, 0.1) is 0 Å². The molecule has 0 amide bonds. The van der Waals surface area contributed by atoms with Crippen molar-refractivity contribution in [1.82, 2.24) is 0 Å². The van der Waals surface area contributed by atoms with Crippen LogP contribution in [0.3, 0.4) is 0 Å². The zero-order valence-electron chi connectivity index (χ0n) is 17.0. The first-order chi connectivity index (χ1) is 12.6. The van der Waals surface area contributed by atoms with Gasteiger partial charge in [-0.2, -0.15) is 0 Å². The van der Waals surface area contributed by atoms with E-state index in [0.717, 1.165) is 5.57 Å². The van der Waals surface area contributed by atoms with Crippen LogP contribution in [0.1, 0.15) is 17.5 Å². The van der Waals surface area contributed by atoms with Gasteiger partial charge in [-0.25, -0.2) is 0 Å². The maximum atomic E-state index is 11.2. The molecule has 1 N–H and O–H groups in total. The predicted molar refractivity (Wildman–Crippen MR) is 118 cm³/mol. The third kappa shape index (κ3) is 3.39. The van der Waals surface area contributed by atoms with E-state index in [4.69, 9.17) is 0 Å². The number of carbonyl (C=O) groups is 1. The lowest BCUT2D eigenvalue weighted by atomic mass is 9.95. The van der Waals surface area contributed by atoms with Gasteiger partial charge in [0.1, 0.15) is 8.07 Å². The molecule has 0 radical (unpaired) electrons. The number of hydrogen-bond acceptors (Lipinski definition) is 3. The summed E-state index contributed by atoms with van der Waals surface area (Å²) < 4.78 is 0. The SMILES string of the molecule is CN(C)c1ccc2c(c1)[Si](C)(C)c1cc(N(C)C)ccc1C2=CCC(=O)O. The summed E-state index contributed by atoms with van der Waals surface area (Å²) in [6.07, 6.45) is 1.90. The summed E-state index contributed by atoms with van der Waals surface area (Å²) >= 11 is 0. The van der Waals surface area contributed by atoms with Crippen LogP contribution in [-0.2, 0) is 4.79 Å². The van der Waals surface area contributed by atoms with E-state index in [1.165, 1.54) is 32.9 Å². The smallest absolute Gasteiger partial charge is 0.307 e. The molecule has 1 aliphatic rings. The molecule has 0 fully saturated rings. The Bertz CT molecular complexity index is 866. The summed E-state index contributed by atoms with van der Waals surface area (Å²) in [5.41, 5.74) is 5.77. The van der Waals surface area contributed by atoms with Gasteiger partial charge in [-0.05, 0) is 51.3 Å². The van der Waals surface area contributed by atoms with E-state index in [2.05, 4.69) is 87.5 Å². The fraction of sp³-hybridized carbons (Fsp3) is 0.318. The molecule has 4 nitrogen and oxygen atoms in total. The lowest BCUT2D eigenvalue weighted by molar-refractivity contribution is -0.135. The number of hydrogen-bond donors (Lipinski definition) is 1. The van der Waals surface area contributed by atoms with Gasteiger partial charge in [0, 0.05) is 39.6 Å². The molecule has 0 unspecified atom stereocenters. The van der Waals surface area contributed by atoms with Crippen LogP contribution in [0.5, 0.6) is 0 Å². The normalized spacial score (nSPS) is 14.2. The molecule has 0 atom stereocenters. The van der Waals surface area contributed by atoms with E-state index in [1.807, 2.05) is 6.08 Å². The average Bonchev–Trinajstić information content (AvgIpc) is 2.60. The molecule has 1 heterocycles. The van der Waals surface area contributed by atoms with Gasteiger partial charge in [-0.3, -0.25) is 4.79 Å². The van der Waals surface area contributed by atoms with Crippen LogP contribution in [0.15, 0.2) is 42.5 Å². The van der Waals surface area contributed by atoms with E-state index in [9.17, 15) is 9.90 Å². The zero-order chi connectivity index (χ0) is 19.9. The molecule has 0 aromatic heterocycles. The lowest BCUT2D eigenvalue weighted by Gasteiger charge is -2.36. The molecule has 2 aromatic carbocycles. The first-order valence-electron chi connectivity index (χ1n) is 9.19. The quantitative estimate of drug-likeness (QED) is 0.829. The van der Waals surface area contributed by atoms with Crippen molar-refractivity contribution >= 4 is 41.4 Å². The van der Waals surface area contributed by atoms with Crippen molar-refractivity contribution in [3.63, 3.8) is 0 Å². The molecule has 0 spiro atoms. The maximum Gasteiger partial charge on any atom is 0.307 e. The number of benzene rings is 2. The topological polar surface area (TPSA) is 43.8 Å². The summed E-state index contributed by atoms with van der Waals surface area (Å²) in [5.74, 6) is -0.803. The fourth-order valence-corrected chi connectivity index (χ4v) is 6.91. The first kappa shape index (κ1) is 19.2. The van der Waals surface area contributed by atoms with Crippen LogP contribution < -0.4 is 20.2 Å². The Morgan fingerprint density at radius 3 is 1.74 bits per heavy atom. The number of rotatable bonds is 4. The number of aliphatic carboxylic acids is 1. The van der Waals surface area contributed by atoms with Gasteiger partial charge in [0.15, 0.2) is 0 Å². The number of fused-ring (bicyclic) bond motifs is 2. The predicted octanol–water partition coefficient (Wildman–Crippen LogP) is 2.86. The Morgan fingerprint density at radius 2 is 1.37 bits per heavy atom. The van der Waals surface area contributed by atoms with E-state index in [0.29, 0.717) is 0 Å². The van der Waals surface area contributed by atoms with Crippen molar-refractivity contribution in [1.29, 1.82) is 0 Å². The molecule has 0 aliphatic carbocycles. The molecule has 0 saturated heterocycles. The van der Waals surface area contributed by atoms with E-state index in [1.54, 1.807) is 0 Å². The van der Waals surface area contributed by atoms with Crippen molar-refractivity contribution in [2.24, 2.45) is 0 Å². The summed E-state index contributed by atoms with van der Waals surface area (Å²) in [4.78, 5) is 15.5. The minimum Gasteiger partial charge on any atom is -0.481 e. The highest BCUT2D eigenvalue weighted by Gasteiger charge is 2.37. The Kier molecular flexibility index (Phi) is 4.91. The average molecular weight is 381 g/mol. The molecule has 27 heavy (non-hydrogen) atoms. The first-order valence-corrected chi connectivity index (χ1v) is 12.2. The maximum absolute atomic E-state index is 11.2. The molecule has 3 rings (SSSR count). The van der Waals surface area contributed by atoms with Gasteiger partial charge in [-0.1, -0.05) is 31.3 Å². The highest BCUT2D eigenvalue weighted by molar-refractivity contribution is 7.02. The molecule has 0 bridgehead atoms. The molecule has 2 aromatic rings. The second-order valence-electron chi connectivity index (χ2n) is 8.09. The van der Waals surface area contributed by atoms with E-state index in [-0.39, 0.29) is 6.42 Å². The van der Waals surface area contributed by atoms with Gasteiger partial charge in [0.25, 0.3) is 0 Å². The van der Waals surface area contributed by atoms with Crippen molar-refractivity contribution in [3.05, 3.63) is 53.6 Å². The Labute approximate surface area is 162 Å². The molecule has 5 heteroatoms. The molecule has 0 saturated carbocycles. The van der Waals surface area contributed by atoms with E-state index < -0.39 is 14.0 Å². The number of carboxylic acids is 1. The Morgan fingerprint density at radius 1 is 0.926 bits per heavy atom. The van der Waals surface area contributed by atoms with Gasteiger partial charge in [0.05, 0.1) is 6.42 Å². The van der Waals surface area contributed by atoms with Gasteiger partial charge in [0.2, 0.25) is 0 Å². The fourth-order valence-electron chi connectivity index (χ4n) is 3.82. The molecule has 142 valence electrons. The van der Waals surface area contributed by atoms with Crippen LogP contribution in [0.25, 0.3) is 5.57 Å². The second kappa shape index (κ2) is 6.89. The van der Waals surface area contributed by atoms with E-state index >= 15 is 0 Å². The number of nitrogens with zero attached hydrogens (tertiary/aromatic N) is 2. The van der Waals surface area contributed by atoms with Crippen molar-refractivity contribution in [2.75, 3.05) is 38.0 Å². The molecular formula is C22H28N2O2Si. The van der Waals surface area contributed by atoms with Gasteiger partial charge < -0.3 is 14.9 Å². The largest absolute Gasteiger partial charge is 0.481 e. The number of carboxylic acid groups (broad SMARTS) is 1. The second-order valence-corrected chi connectivity index (χ2v) is 12.4. The zero-order valence-corrected chi connectivity index (χ0v) is 18.0. The third-order valence-corrected chi connectivity index (χ3v) is 8.97. The highest BCUT2D eigenvalue weighted by atomic mass is 28.3. The van der Waals surface area contributed by atoms with Crippen LogP contribution >= 0.6 is 0 Å². The number of anilines is 2. The third-order valence-electron chi connectivity index (χ3n) is 5.45. The highest BCUT2D eigenvalue weighted by Crippen LogP contribution is 2.32. The van der Waals surface area contributed by atoms with Crippen molar-refractivity contribution in [2.45, 2.75) is 19.5 Å². The summed E-state index contributed by atoms with van der Waals surface area (Å²) in [5, 5.41) is 12.0. The molecular weight excluding hydrogens is 352 g/mol. The Hall–Kier alpha value is -2.53. The lowest BCUT2D eigenvalue weighted by Crippen LogP contribution is -2.58. The minimum atomic E-state index is -1.93. The van der Waals surface area contributed by atoms with Crippen LogP contribution in [-0.4, -0.2) is 47.3 Å². The standard InChI is InChI=1S/C22H28N2O2Si/c1-23(2)15-7-9-18-17(11-12-22(25)26)19-10-8-16(24(3)4)14-21(19)27(5,6)20(18)13-15/h7-11,13-14H,12H2,1-6H3,(H,25,26). The van der Waals surface area contributed by atoms with Crippen molar-refractivity contribution in [3.8, 4) is 0 Å². The van der Waals surface area contributed by atoms with Crippen LogP contribution in [0.4, 0.5) is 11.4 Å². The monoisotopic (exact) mass is 380 g/mol. The Balaban J connectivity index is 2.30. The van der Waals surface area contributed by atoms with Crippen molar-refractivity contribution < 1.29 is 9.90 Å². The summed E-state index contributed by atoms with van der Waals surface area (Å²) in [6.45, 7) is 4.77. The van der Waals surface area contributed by atoms with Gasteiger partial charge >= 0.3 is 5.97 Å². The molecule has 1 aliphatic heterocycles. The summed E-state index contributed by atoms with van der Waals surface area (Å²) in [6, 6.07) is 13.2.